The van der Waals surface area contributed by atoms with Crippen LogP contribution >= 0.6 is 11.6 Å². The van der Waals surface area contributed by atoms with Gasteiger partial charge in [-0.2, -0.15) is 0 Å². The summed E-state index contributed by atoms with van der Waals surface area (Å²) >= 11 is 6.30. The van der Waals surface area contributed by atoms with Crippen molar-refractivity contribution in [2.75, 3.05) is 18.0 Å². The number of hydrogen-bond acceptors (Lipinski definition) is 5. The zero-order chi connectivity index (χ0) is 32.6. The van der Waals surface area contributed by atoms with Crippen LogP contribution in [0.2, 0.25) is 5.02 Å². The van der Waals surface area contributed by atoms with Crippen molar-refractivity contribution in [2.45, 2.75) is 50.2 Å². The SMILES string of the molecule is COc1ccc(S(=O)(=O)N(CC(=O)N(Cc2cccc(Cl)c2)[C@@H](Cc2ccccc2)C(=O)NC(C)(C)C)c2ccccc2)cc1. The number of para-hydroxylation sites is 1. The fourth-order valence-electron chi connectivity index (χ4n) is 4.84. The molecule has 0 heterocycles. The van der Waals surface area contributed by atoms with Gasteiger partial charge in [-0.05, 0) is 80.4 Å². The van der Waals surface area contributed by atoms with Crippen LogP contribution in [0.5, 0.6) is 5.75 Å². The Morgan fingerprint density at radius 3 is 2.02 bits per heavy atom. The molecule has 1 atom stereocenters. The van der Waals surface area contributed by atoms with Gasteiger partial charge in [0.05, 0.1) is 17.7 Å². The summed E-state index contributed by atoms with van der Waals surface area (Å²) < 4.78 is 34.5. The maximum absolute atomic E-state index is 14.5. The quantitative estimate of drug-likeness (QED) is 0.201. The summed E-state index contributed by atoms with van der Waals surface area (Å²) in [5, 5.41) is 3.50. The van der Waals surface area contributed by atoms with Crippen LogP contribution in [0.3, 0.4) is 0 Å². The van der Waals surface area contributed by atoms with Crippen LogP contribution in [0.1, 0.15) is 31.9 Å². The first-order valence-electron chi connectivity index (χ1n) is 14.5. The van der Waals surface area contributed by atoms with Gasteiger partial charge in [-0.3, -0.25) is 13.9 Å². The molecule has 10 heteroatoms. The number of sulfonamides is 1. The van der Waals surface area contributed by atoms with Crippen molar-refractivity contribution in [3.05, 3.63) is 125 Å². The summed E-state index contributed by atoms with van der Waals surface area (Å²) in [4.78, 5) is 29.8. The lowest BCUT2D eigenvalue weighted by Crippen LogP contribution is -2.56. The molecule has 1 N–H and O–H groups in total. The monoisotopic (exact) mass is 647 g/mol. The van der Waals surface area contributed by atoms with E-state index in [4.69, 9.17) is 16.3 Å². The number of rotatable bonds is 12. The first kappa shape index (κ1) is 33.6. The lowest BCUT2D eigenvalue weighted by Gasteiger charge is -2.35. The number of hydrogen-bond donors (Lipinski definition) is 1. The maximum atomic E-state index is 14.5. The van der Waals surface area contributed by atoms with Gasteiger partial charge in [0.25, 0.3) is 10.0 Å². The van der Waals surface area contributed by atoms with E-state index < -0.39 is 34.1 Å². The van der Waals surface area contributed by atoms with E-state index >= 15 is 0 Å². The molecule has 0 aliphatic heterocycles. The van der Waals surface area contributed by atoms with Gasteiger partial charge < -0.3 is 15.0 Å². The predicted octanol–water partition coefficient (Wildman–Crippen LogP) is 6.10. The first-order chi connectivity index (χ1) is 21.4. The number of carbonyl (C=O) groups excluding carboxylic acids is 2. The highest BCUT2D eigenvalue weighted by atomic mass is 35.5. The van der Waals surface area contributed by atoms with Crippen LogP contribution < -0.4 is 14.4 Å². The Kier molecular flexibility index (Phi) is 10.9. The molecular weight excluding hydrogens is 610 g/mol. The molecule has 4 aromatic carbocycles. The first-order valence-corrected chi connectivity index (χ1v) is 16.3. The fourth-order valence-corrected chi connectivity index (χ4v) is 6.46. The van der Waals surface area contributed by atoms with Crippen LogP contribution in [-0.4, -0.2) is 50.4 Å². The van der Waals surface area contributed by atoms with E-state index in [-0.39, 0.29) is 23.8 Å². The topological polar surface area (TPSA) is 96.0 Å². The third-order valence-electron chi connectivity index (χ3n) is 6.98. The van der Waals surface area contributed by atoms with Crippen molar-refractivity contribution in [3.8, 4) is 5.75 Å². The van der Waals surface area contributed by atoms with Crippen molar-refractivity contribution in [2.24, 2.45) is 0 Å². The Bertz CT molecular complexity index is 1690. The molecule has 0 aliphatic carbocycles. The summed E-state index contributed by atoms with van der Waals surface area (Å²) in [5.74, 6) is -0.412. The number of ether oxygens (including phenoxy) is 1. The Hall–Kier alpha value is -4.34. The molecular formula is C35H38ClN3O5S. The van der Waals surface area contributed by atoms with E-state index in [1.807, 2.05) is 57.2 Å². The van der Waals surface area contributed by atoms with Gasteiger partial charge in [0, 0.05) is 23.5 Å². The highest BCUT2D eigenvalue weighted by Crippen LogP contribution is 2.26. The smallest absolute Gasteiger partial charge is 0.264 e. The predicted molar refractivity (Wildman–Crippen MR) is 178 cm³/mol. The summed E-state index contributed by atoms with van der Waals surface area (Å²) in [6.07, 6.45) is 0.214. The van der Waals surface area contributed by atoms with Gasteiger partial charge in [-0.1, -0.05) is 72.3 Å². The van der Waals surface area contributed by atoms with Gasteiger partial charge in [-0.15, -0.1) is 0 Å². The molecule has 2 amide bonds. The molecule has 0 radical (unpaired) electrons. The number of nitrogens with one attached hydrogen (secondary N) is 1. The molecule has 8 nitrogen and oxygen atoms in total. The highest BCUT2D eigenvalue weighted by Gasteiger charge is 2.35. The Labute approximate surface area is 270 Å². The van der Waals surface area contributed by atoms with Crippen molar-refractivity contribution in [1.82, 2.24) is 10.2 Å². The summed E-state index contributed by atoms with van der Waals surface area (Å²) in [6, 6.07) is 29.9. The van der Waals surface area contributed by atoms with E-state index in [1.54, 1.807) is 60.7 Å². The van der Waals surface area contributed by atoms with Crippen molar-refractivity contribution >= 4 is 39.1 Å². The molecule has 236 valence electrons. The van der Waals surface area contributed by atoms with Crippen molar-refractivity contribution in [3.63, 3.8) is 0 Å². The van der Waals surface area contributed by atoms with Crippen LogP contribution in [0.4, 0.5) is 5.69 Å². The van der Waals surface area contributed by atoms with E-state index in [0.29, 0.717) is 22.0 Å². The van der Waals surface area contributed by atoms with Crippen molar-refractivity contribution in [1.29, 1.82) is 0 Å². The van der Waals surface area contributed by atoms with Crippen LogP contribution in [-0.2, 0) is 32.6 Å². The lowest BCUT2D eigenvalue weighted by atomic mass is 10.0. The number of nitrogens with zero attached hydrogens (tertiary/aromatic N) is 2. The second-order valence-corrected chi connectivity index (χ2v) is 13.9. The number of halogens is 1. The average Bonchev–Trinajstić information content (AvgIpc) is 3.01. The number of carbonyl (C=O) groups is 2. The Balaban J connectivity index is 1.80. The third-order valence-corrected chi connectivity index (χ3v) is 9.00. The van der Waals surface area contributed by atoms with Crippen LogP contribution in [0, 0.1) is 0 Å². The van der Waals surface area contributed by atoms with E-state index in [2.05, 4.69) is 5.32 Å². The third kappa shape index (κ3) is 9.09. The molecule has 0 unspecified atom stereocenters. The second kappa shape index (κ2) is 14.6. The largest absolute Gasteiger partial charge is 0.497 e. The van der Waals surface area contributed by atoms with Crippen LogP contribution in [0.15, 0.2) is 114 Å². The van der Waals surface area contributed by atoms with E-state index in [1.165, 1.54) is 24.1 Å². The minimum atomic E-state index is -4.21. The minimum absolute atomic E-state index is 0.00680. The molecule has 0 aliphatic rings. The number of anilines is 1. The van der Waals surface area contributed by atoms with Crippen molar-refractivity contribution < 1.29 is 22.7 Å². The molecule has 4 rings (SSSR count). The Morgan fingerprint density at radius 2 is 1.44 bits per heavy atom. The molecule has 0 fully saturated rings. The lowest BCUT2D eigenvalue weighted by molar-refractivity contribution is -0.140. The van der Waals surface area contributed by atoms with E-state index in [0.717, 1.165) is 9.87 Å². The summed E-state index contributed by atoms with van der Waals surface area (Å²) in [5.41, 5.74) is 1.27. The highest BCUT2D eigenvalue weighted by molar-refractivity contribution is 7.92. The molecule has 45 heavy (non-hydrogen) atoms. The fraction of sp³-hybridized carbons (Fsp3) is 0.257. The minimum Gasteiger partial charge on any atom is -0.497 e. The normalized spacial score (nSPS) is 12.2. The molecule has 0 saturated heterocycles. The van der Waals surface area contributed by atoms with E-state index in [9.17, 15) is 18.0 Å². The Morgan fingerprint density at radius 1 is 0.844 bits per heavy atom. The van der Waals surface area contributed by atoms with Gasteiger partial charge in [0.2, 0.25) is 11.8 Å². The number of methoxy groups -OCH3 is 1. The van der Waals surface area contributed by atoms with Gasteiger partial charge in [0.1, 0.15) is 18.3 Å². The maximum Gasteiger partial charge on any atom is 0.264 e. The molecule has 0 bridgehead atoms. The standard InChI is InChI=1S/C35H38ClN3O5S/c1-35(2,3)37-34(41)32(23-26-12-7-5-8-13-26)38(24-27-14-11-15-28(36)22-27)33(40)25-39(29-16-9-6-10-17-29)45(42,43)31-20-18-30(44-4)19-21-31/h5-22,32H,23-25H2,1-4H3,(H,37,41)/t32-/m0/s1. The van der Waals surface area contributed by atoms with Gasteiger partial charge in [0.15, 0.2) is 0 Å². The summed E-state index contributed by atoms with van der Waals surface area (Å²) in [6.45, 7) is 5.08. The molecule has 4 aromatic rings. The summed E-state index contributed by atoms with van der Waals surface area (Å²) in [7, 11) is -2.72. The average molecular weight is 648 g/mol. The van der Waals surface area contributed by atoms with Gasteiger partial charge >= 0.3 is 0 Å². The molecule has 0 aromatic heterocycles. The zero-order valence-corrected chi connectivity index (χ0v) is 27.4. The van der Waals surface area contributed by atoms with Crippen LogP contribution in [0.25, 0.3) is 0 Å². The zero-order valence-electron chi connectivity index (χ0n) is 25.8. The van der Waals surface area contributed by atoms with Gasteiger partial charge in [-0.25, -0.2) is 8.42 Å². The number of benzene rings is 4. The molecule has 0 spiro atoms. The second-order valence-electron chi connectivity index (χ2n) is 11.6. The number of amides is 2. The molecule has 0 saturated carbocycles.